The fraction of sp³-hybridized carbons (Fsp3) is 0.222. The van der Waals surface area contributed by atoms with E-state index in [2.05, 4.69) is 6.92 Å². The zero-order valence-electron chi connectivity index (χ0n) is 7.24. The van der Waals surface area contributed by atoms with Gasteiger partial charge in [-0.25, -0.2) is 0 Å². The Hall–Kier alpha value is -1.16. The molecule has 1 atom stereocenters. The van der Waals surface area contributed by atoms with E-state index in [0.717, 1.165) is 0 Å². The van der Waals surface area contributed by atoms with E-state index in [-0.39, 0.29) is 11.3 Å². The van der Waals surface area contributed by atoms with Crippen molar-refractivity contribution in [2.24, 2.45) is 0 Å². The minimum Gasteiger partial charge on any atom is -0.258 e. The lowest BCUT2D eigenvalue weighted by Gasteiger charge is -2.07. The third kappa shape index (κ3) is 2.20. The van der Waals surface area contributed by atoms with E-state index in [1.807, 2.05) is 0 Å². The molecule has 0 spiro atoms. The van der Waals surface area contributed by atoms with Crippen LogP contribution in [0.2, 0.25) is 5.02 Å². The number of benzene rings is 1. The van der Waals surface area contributed by atoms with Gasteiger partial charge in [0.05, 0.1) is 11.6 Å². The standard InChI is InChI=1S/C9H8ClFNO2/c1-6(5-11)8-4-7(10)2-3-9(8)12(13)14/h2-4,6H,1,5H2. The first kappa shape index (κ1) is 10.9. The van der Waals surface area contributed by atoms with Gasteiger partial charge in [0.25, 0.3) is 5.69 Å². The SMILES string of the molecule is [CH2]C(CF)c1cc(Cl)ccc1[N+](=O)[O-]. The lowest BCUT2D eigenvalue weighted by atomic mass is 10.0. The number of nitro groups is 1. The van der Waals surface area contributed by atoms with Gasteiger partial charge in [0, 0.05) is 22.6 Å². The molecule has 1 rings (SSSR count). The molecule has 0 amide bonds. The molecular formula is C9H8ClFNO2. The molecule has 0 aliphatic heterocycles. The van der Waals surface area contributed by atoms with Gasteiger partial charge < -0.3 is 0 Å². The maximum absolute atomic E-state index is 12.3. The first-order valence-corrected chi connectivity index (χ1v) is 4.27. The molecule has 75 valence electrons. The van der Waals surface area contributed by atoms with Crippen molar-refractivity contribution in [1.29, 1.82) is 0 Å². The molecule has 1 aromatic carbocycles. The molecule has 0 saturated heterocycles. The molecule has 1 unspecified atom stereocenters. The Labute approximate surface area is 85.6 Å². The van der Waals surface area contributed by atoms with Gasteiger partial charge in [-0.05, 0) is 19.1 Å². The van der Waals surface area contributed by atoms with Gasteiger partial charge in [-0.15, -0.1) is 0 Å². The van der Waals surface area contributed by atoms with E-state index in [1.54, 1.807) is 0 Å². The van der Waals surface area contributed by atoms with Crippen LogP contribution in [0, 0.1) is 17.0 Å². The van der Waals surface area contributed by atoms with Crippen molar-refractivity contribution in [3.8, 4) is 0 Å². The highest BCUT2D eigenvalue weighted by atomic mass is 35.5. The highest BCUT2D eigenvalue weighted by molar-refractivity contribution is 6.30. The van der Waals surface area contributed by atoms with Crippen LogP contribution in [0.3, 0.4) is 0 Å². The van der Waals surface area contributed by atoms with Gasteiger partial charge in [-0.2, -0.15) is 0 Å². The van der Waals surface area contributed by atoms with Crippen molar-refractivity contribution >= 4 is 17.3 Å². The van der Waals surface area contributed by atoms with Crippen molar-refractivity contribution in [3.05, 3.63) is 45.8 Å². The van der Waals surface area contributed by atoms with Crippen LogP contribution < -0.4 is 0 Å². The van der Waals surface area contributed by atoms with Gasteiger partial charge in [0.2, 0.25) is 0 Å². The smallest absolute Gasteiger partial charge is 0.258 e. The molecule has 0 fully saturated rings. The number of hydrogen-bond donors (Lipinski definition) is 0. The molecule has 0 N–H and O–H groups in total. The van der Waals surface area contributed by atoms with Crippen molar-refractivity contribution < 1.29 is 9.31 Å². The molecule has 3 nitrogen and oxygen atoms in total. The summed E-state index contributed by atoms with van der Waals surface area (Å²) in [7, 11) is 0. The number of rotatable bonds is 3. The molecule has 14 heavy (non-hydrogen) atoms. The Morgan fingerprint density at radius 3 is 2.79 bits per heavy atom. The highest BCUT2D eigenvalue weighted by Gasteiger charge is 2.18. The van der Waals surface area contributed by atoms with E-state index >= 15 is 0 Å². The van der Waals surface area contributed by atoms with Crippen molar-refractivity contribution in [2.75, 3.05) is 6.67 Å². The summed E-state index contributed by atoms with van der Waals surface area (Å²) in [4.78, 5) is 10.00. The van der Waals surface area contributed by atoms with Crippen LogP contribution in [0.4, 0.5) is 10.1 Å². The quantitative estimate of drug-likeness (QED) is 0.576. The molecular weight excluding hydrogens is 209 g/mol. The topological polar surface area (TPSA) is 43.1 Å². The fourth-order valence-electron chi connectivity index (χ4n) is 1.10. The number of hydrogen-bond acceptors (Lipinski definition) is 2. The molecule has 0 aliphatic rings. The van der Waals surface area contributed by atoms with Crippen LogP contribution >= 0.6 is 11.6 Å². The van der Waals surface area contributed by atoms with Crippen molar-refractivity contribution in [3.63, 3.8) is 0 Å². The molecule has 0 bridgehead atoms. The number of nitro benzene ring substituents is 1. The highest BCUT2D eigenvalue weighted by Crippen LogP contribution is 2.29. The van der Waals surface area contributed by atoms with Gasteiger partial charge in [0.15, 0.2) is 0 Å². The zero-order valence-corrected chi connectivity index (χ0v) is 8.00. The second-order valence-corrected chi connectivity index (χ2v) is 3.25. The summed E-state index contributed by atoms with van der Waals surface area (Å²) in [5.74, 6) is -0.755. The Morgan fingerprint density at radius 1 is 1.64 bits per heavy atom. The van der Waals surface area contributed by atoms with Gasteiger partial charge in [0.1, 0.15) is 0 Å². The summed E-state index contributed by atoms with van der Waals surface area (Å²) in [6.45, 7) is 2.72. The normalized spacial score (nSPS) is 12.5. The van der Waals surface area contributed by atoms with Crippen LogP contribution in [0.1, 0.15) is 11.5 Å². The van der Waals surface area contributed by atoms with Crippen LogP contribution in [0.5, 0.6) is 0 Å². The van der Waals surface area contributed by atoms with Crippen LogP contribution in [-0.4, -0.2) is 11.6 Å². The maximum Gasteiger partial charge on any atom is 0.273 e. The van der Waals surface area contributed by atoms with Gasteiger partial charge >= 0.3 is 0 Å². The van der Waals surface area contributed by atoms with Crippen LogP contribution in [0.15, 0.2) is 18.2 Å². The fourth-order valence-corrected chi connectivity index (χ4v) is 1.28. The first-order chi connectivity index (χ1) is 6.56. The lowest BCUT2D eigenvalue weighted by molar-refractivity contribution is -0.385. The number of halogens is 2. The summed E-state index contributed by atoms with van der Waals surface area (Å²) in [5.41, 5.74) is 0.0806. The van der Waals surface area contributed by atoms with Crippen molar-refractivity contribution in [2.45, 2.75) is 5.92 Å². The van der Waals surface area contributed by atoms with Crippen molar-refractivity contribution in [1.82, 2.24) is 0 Å². The summed E-state index contributed by atoms with van der Waals surface area (Å²) >= 11 is 5.65. The summed E-state index contributed by atoms with van der Waals surface area (Å²) in [6, 6.07) is 4.02. The van der Waals surface area contributed by atoms with Gasteiger partial charge in [-0.1, -0.05) is 11.6 Å². The second kappa shape index (κ2) is 4.37. The summed E-state index contributed by atoms with van der Waals surface area (Å²) in [5, 5.41) is 10.9. The Kier molecular flexibility index (Phi) is 3.41. The molecule has 0 heterocycles. The summed E-state index contributed by atoms with van der Waals surface area (Å²) in [6.07, 6.45) is 0. The molecule has 1 aromatic rings. The van der Waals surface area contributed by atoms with E-state index in [1.165, 1.54) is 18.2 Å². The van der Waals surface area contributed by atoms with E-state index < -0.39 is 17.5 Å². The maximum atomic E-state index is 12.3. The Bertz CT molecular complexity index is 357. The molecule has 0 aromatic heterocycles. The van der Waals surface area contributed by atoms with E-state index in [0.29, 0.717) is 5.02 Å². The van der Waals surface area contributed by atoms with Crippen LogP contribution in [-0.2, 0) is 0 Å². The van der Waals surface area contributed by atoms with Crippen LogP contribution in [0.25, 0.3) is 0 Å². The third-order valence-electron chi connectivity index (χ3n) is 1.81. The zero-order chi connectivity index (χ0) is 10.7. The third-order valence-corrected chi connectivity index (χ3v) is 2.05. The monoisotopic (exact) mass is 216 g/mol. The van der Waals surface area contributed by atoms with E-state index in [4.69, 9.17) is 11.6 Å². The Balaban J connectivity index is 3.22. The van der Waals surface area contributed by atoms with Gasteiger partial charge in [-0.3, -0.25) is 14.5 Å². The second-order valence-electron chi connectivity index (χ2n) is 2.81. The predicted molar refractivity (Wildman–Crippen MR) is 52.2 cm³/mol. The number of alkyl halides is 1. The lowest BCUT2D eigenvalue weighted by Crippen LogP contribution is -2.01. The summed E-state index contributed by atoms with van der Waals surface area (Å²) < 4.78 is 12.3. The predicted octanol–water partition coefficient (Wildman–Crippen LogP) is 3.14. The Morgan fingerprint density at radius 2 is 2.29 bits per heavy atom. The van der Waals surface area contributed by atoms with E-state index in [9.17, 15) is 14.5 Å². The average molecular weight is 217 g/mol. The average Bonchev–Trinajstić information content (AvgIpc) is 2.16. The largest absolute Gasteiger partial charge is 0.273 e. The molecule has 5 heteroatoms. The minimum atomic E-state index is -0.755. The molecule has 0 aliphatic carbocycles. The molecule has 1 radical (unpaired) electrons. The number of nitrogens with zero attached hydrogens (tertiary/aromatic N) is 1. The first-order valence-electron chi connectivity index (χ1n) is 3.89. The molecule has 0 saturated carbocycles. The minimum absolute atomic E-state index is 0.146.